The summed E-state index contributed by atoms with van der Waals surface area (Å²) in [6.45, 7) is 2.41. The number of aliphatic hydroxyl groups is 1. The van der Waals surface area contributed by atoms with E-state index in [1.54, 1.807) is 12.1 Å². The van der Waals surface area contributed by atoms with E-state index in [0.29, 0.717) is 31.6 Å². The van der Waals surface area contributed by atoms with Crippen molar-refractivity contribution in [3.05, 3.63) is 52.3 Å². The number of rotatable bonds is 6. The van der Waals surface area contributed by atoms with Crippen molar-refractivity contribution in [3.8, 4) is 11.5 Å². The molecule has 0 unspecified atom stereocenters. The smallest absolute Gasteiger partial charge is 0.331 e. The van der Waals surface area contributed by atoms with Gasteiger partial charge in [-0.3, -0.25) is 0 Å². The predicted molar refractivity (Wildman–Crippen MR) is 131 cm³/mol. The molecule has 2 aromatic carbocycles. The molecule has 2 aliphatic carbocycles. The third-order valence-electron chi connectivity index (χ3n) is 8.28. The summed E-state index contributed by atoms with van der Waals surface area (Å²) < 4.78 is 31.3. The van der Waals surface area contributed by atoms with E-state index < -0.39 is 17.3 Å². The summed E-state index contributed by atoms with van der Waals surface area (Å²) in [4.78, 5) is 13.1. The van der Waals surface area contributed by atoms with Gasteiger partial charge in [0.05, 0.1) is 17.8 Å². The van der Waals surface area contributed by atoms with Crippen molar-refractivity contribution in [1.82, 2.24) is 0 Å². The Morgan fingerprint density at radius 3 is 2.66 bits per heavy atom. The van der Waals surface area contributed by atoms with E-state index in [4.69, 9.17) is 25.8 Å². The maximum absolute atomic E-state index is 14.8. The van der Waals surface area contributed by atoms with Crippen LogP contribution in [0.15, 0.2) is 30.3 Å². The molecule has 2 N–H and O–H groups in total. The Labute approximate surface area is 209 Å². The summed E-state index contributed by atoms with van der Waals surface area (Å²) in [6.07, 6.45) is 4.14. The Balaban J connectivity index is 1.50. The number of ether oxygens (including phenoxy) is 3. The second-order valence-electron chi connectivity index (χ2n) is 10.2. The number of benzene rings is 2. The normalized spacial score (nSPS) is 27.5. The first kappa shape index (κ1) is 24.2. The zero-order valence-corrected chi connectivity index (χ0v) is 20.8. The molecule has 0 saturated heterocycles. The number of methoxy groups -OCH3 is 1. The molecule has 188 valence electrons. The van der Waals surface area contributed by atoms with Gasteiger partial charge in [-0.1, -0.05) is 24.6 Å². The van der Waals surface area contributed by atoms with Crippen LogP contribution in [-0.4, -0.2) is 37.1 Å². The fourth-order valence-corrected chi connectivity index (χ4v) is 6.58. The van der Waals surface area contributed by atoms with E-state index in [-0.39, 0.29) is 35.4 Å². The van der Waals surface area contributed by atoms with Crippen molar-refractivity contribution in [2.75, 3.05) is 25.8 Å². The lowest BCUT2D eigenvalue weighted by Gasteiger charge is -2.47. The van der Waals surface area contributed by atoms with Crippen LogP contribution in [0.1, 0.15) is 50.2 Å². The number of hydrogen-bond acceptors (Lipinski definition) is 6. The molecule has 0 aromatic heterocycles. The topological polar surface area (TPSA) is 77.0 Å². The third-order valence-corrected chi connectivity index (χ3v) is 8.57. The molecule has 0 radical (unpaired) electrons. The zero-order chi connectivity index (χ0) is 24.8. The lowest BCUT2D eigenvalue weighted by atomic mass is 9.59. The molecule has 6 nitrogen and oxygen atoms in total. The van der Waals surface area contributed by atoms with Crippen molar-refractivity contribution in [1.29, 1.82) is 0 Å². The second kappa shape index (κ2) is 9.17. The Kier molecular flexibility index (Phi) is 6.34. The van der Waals surface area contributed by atoms with Crippen molar-refractivity contribution in [2.24, 2.45) is 11.8 Å². The molecule has 0 amide bonds. The van der Waals surface area contributed by atoms with Crippen LogP contribution in [0.3, 0.4) is 0 Å². The van der Waals surface area contributed by atoms with Crippen molar-refractivity contribution >= 4 is 23.3 Å². The first-order valence-corrected chi connectivity index (χ1v) is 12.5. The summed E-state index contributed by atoms with van der Waals surface area (Å²) in [5.74, 6) is 1.01. The van der Waals surface area contributed by atoms with E-state index in [9.17, 15) is 14.3 Å². The quantitative estimate of drug-likeness (QED) is 0.525. The Bertz CT molecular complexity index is 1130. The van der Waals surface area contributed by atoms with Gasteiger partial charge in [0.2, 0.25) is 6.79 Å². The number of carbonyl (C=O) groups excluding carboxylic acids is 1. The monoisotopic (exact) mass is 503 g/mol. The maximum atomic E-state index is 14.8. The average Bonchev–Trinajstić information content (AvgIpc) is 3.43. The zero-order valence-electron chi connectivity index (χ0n) is 20.0. The van der Waals surface area contributed by atoms with Gasteiger partial charge in [0.1, 0.15) is 5.54 Å². The first-order valence-electron chi connectivity index (χ1n) is 12.2. The molecule has 1 aliphatic heterocycles. The molecule has 1 fully saturated rings. The van der Waals surface area contributed by atoms with Crippen LogP contribution in [0, 0.1) is 17.7 Å². The van der Waals surface area contributed by atoms with Gasteiger partial charge in [-0.05, 0) is 91.2 Å². The fraction of sp³-hybridized carbons (Fsp3) is 0.519. The summed E-state index contributed by atoms with van der Waals surface area (Å²) in [5.41, 5.74) is 1.44. The summed E-state index contributed by atoms with van der Waals surface area (Å²) >= 11 is 6.00. The van der Waals surface area contributed by atoms with Gasteiger partial charge in [0, 0.05) is 6.61 Å². The first-order chi connectivity index (χ1) is 16.8. The number of aliphatic hydroxyl groups excluding tert-OH is 1. The number of nitrogens with one attached hydrogen (secondary N) is 1. The molecule has 1 heterocycles. The highest BCUT2D eigenvalue weighted by atomic mass is 35.5. The summed E-state index contributed by atoms with van der Waals surface area (Å²) in [6, 6.07) is 8.93. The van der Waals surface area contributed by atoms with E-state index in [1.807, 2.05) is 0 Å². The van der Waals surface area contributed by atoms with Gasteiger partial charge < -0.3 is 24.6 Å². The minimum Gasteiger partial charge on any atom is -0.467 e. The van der Waals surface area contributed by atoms with Crippen LogP contribution in [0.2, 0.25) is 5.02 Å². The van der Waals surface area contributed by atoms with E-state index >= 15 is 0 Å². The number of anilines is 1. The molecule has 2 atom stereocenters. The van der Waals surface area contributed by atoms with E-state index in [0.717, 1.165) is 24.3 Å². The lowest BCUT2D eigenvalue weighted by molar-refractivity contribution is -0.148. The molecule has 1 spiro atoms. The van der Waals surface area contributed by atoms with Gasteiger partial charge in [-0.25, -0.2) is 9.18 Å². The largest absolute Gasteiger partial charge is 0.467 e. The van der Waals surface area contributed by atoms with Gasteiger partial charge in [0.25, 0.3) is 0 Å². The van der Waals surface area contributed by atoms with E-state index in [1.165, 1.54) is 24.3 Å². The minimum absolute atomic E-state index is 0.00106. The Morgan fingerprint density at radius 2 is 1.97 bits per heavy atom. The fourth-order valence-electron chi connectivity index (χ4n) is 6.40. The minimum atomic E-state index is -1.06. The standard InChI is InChI=1S/C27H31ClFNO5/c1-16(14-31)10-18-11-17-12-22-23(35-15-34-22)13-19(17)26(18)6-8-27(9-7-26,25(32)33-2)30-21-5-3-4-20(28)24(21)29/h3-5,12-13,16,18,30-31H,6-11,14-15H2,1-2H3/t16-,18+,26?,27?/m1/s1. The van der Waals surface area contributed by atoms with Gasteiger partial charge >= 0.3 is 5.97 Å². The third kappa shape index (κ3) is 4.02. The number of esters is 1. The van der Waals surface area contributed by atoms with Crippen LogP contribution in [0.4, 0.5) is 10.1 Å². The summed E-state index contributed by atoms with van der Waals surface area (Å²) in [5, 5.41) is 13.0. The molecule has 0 bridgehead atoms. The molecular formula is C27H31ClFNO5. The molecule has 3 aliphatic rings. The van der Waals surface area contributed by atoms with Crippen molar-refractivity contribution in [3.63, 3.8) is 0 Å². The Morgan fingerprint density at radius 1 is 1.26 bits per heavy atom. The highest BCUT2D eigenvalue weighted by Gasteiger charge is 2.55. The second-order valence-corrected chi connectivity index (χ2v) is 10.7. The highest BCUT2D eigenvalue weighted by molar-refractivity contribution is 6.31. The van der Waals surface area contributed by atoms with Gasteiger partial charge in [-0.15, -0.1) is 0 Å². The molecular weight excluding hydrogens is 473 g/mol. The summed E-state index contributed by atoms with van der Waals surface area (Å²) in [7, 11) is 1.36. The van der Waals surface area contributed by atoms with Gasteiger partial charge in [0.15, 0.2) is 17.3 Å². The van der Waals surface area contributed by atoms with Crippen LogP contribution in [-0.2, 0) is 21.4 Å². The number of halogens is 2. The molecule has 5 rings (SSSR count). The highest BCUT2D eigenvalue weighted by Crippen LogP contribution is 2.58. The van der Waals surface area contributed by atoms with Gasteiger partial charge in [-0.2, -0.15) is 0 Å². The molecule has 1 saturated carbocycles. The van der Waals surface area contributed by atoms with Crippen LogP contribution in [0.5, 0.6) is 11.5 Å². The van der Waals surface area contributed by atoms with E-state index in [2.05, 4.69) is 24.4 Å². The average molecular weight is 504 g/mol. The van der Waals surface area contributed by atoms with Crippen molar-refractivity contribution < 1.29 is 28.5 Å². The van der Waals surface area contributed by atoms with Crippen LogP contribution < -0.4 is 14.8 Å². The molecule has 35 heavy (non-hydrogen) atoms. The molecule has 2 aromatic rings. The number of hydrogen-bond donors (Lipinski definition) is 2. The van der Waals surface area contributed by atoms with Crippen molar-refractivity contribution in [2.45, 2.75) is 56.4 Å². The van der Waals surface area contributed by atoms with Crippen LogP contribution >= 0.6 is 11.6 Å². The lowest BCUT2D eigenvalue weighted by Crippen LogP contribution is -2.53. The van der Waals surface area contributed by atoms with Crippen LogP contribution in [0.25, 0.3) is 0 Å². The number of carbonyl (C=O) groups is 1. The molecule has 8 heteroatoms. The maximum Gasteiger partial charge on any atom is 0.331 e. The predicted octanol–water partition coefficient (Wildman–Crippen LogP) is 5.23. The number of fused-ring (bicyclic) bond motifs is 3. The Hall–Kier alpha value is -2.51. The SMILES string of the molecule is COC(=O)C1(Nc2cccc(Cl)c2F)CCC2(CC1)c1cc3c(cc1C[C@@H]2C[C@@H](C)CO)OCO3.